The maximum Gasteiger partial charge on any atom is 0.410 e. The van der Waals surface area contributed by atoms with Crippen LogP contribution in [-0.4, -0.2) is 65.4 Å². The van der Waals surface area contributed by atoms with Gasteiger partial charge in [-0.05, 0) is 76.1 Å². The van der Waals surface area contributed by atoms with Crippen LogP contribution in [-0.2, 0) is 19.0 Å². The van der Waals surface area contributed by atoms with Crippen molar-refractivity contribution in [1.82, 2.24) is 9.88 Å². The van der Waals surface area contributed by atoms with Crippen molar-refractivity contribution >= 4 is 34.6 Å². The molecule has 1 unspecified atom stereocenters. The number of ether oxygens (including phenoxy) is 3. The van der Waals surface area contributed by atoms with E-state index in [4.69, 9.17) is 14.2 Å². The highest BCUT2D eigenvalue weighted by molar-refractivity contribution is 6.00. The molecule has 0 bridgehead atoms. The van der Waals surface area contributed by atoms with Crippen LogP contribution in [0.1, 0.15) is 82.6 Å². The largest absolute Gasteiger partial charge is 0.458 e. The zero-order valence-corrected chi connectivity index (χ0v) is 23.3. The number of hydrogen-bond acceptors (Lipinski definition) is 6. The van der Waals surface area contributed by atoms with E-state index >= 15 is 0 Å². The lowest BCUT2D eigenvalue weighted by Crippen LogP contribution is -2.49. The Morgan fingerprint density at radius 3 is 2.56 bits per heavy atom. The molecule has 9 heteroatoms. The fourth-order valence-corrected chi connectivity index (χ4v) is 6.29. The number of aromatic amines is 1. The number of H-pyrrole nitrogens is 1. The van der Waals surface area contributed by atoms with Gasteiger partial charge in [-0.3, -0.25) is 9.69 Å². The normalized spacial score (nSPS) is 24.2. The molecule has 2 aromatic rings. The molecule has 1 aromatic heterocycles. The fraction of sp³-hybridized carbons (Fsp3) is 0.633. The molecule has 39 heavy (non-hydrogen) atoms. The van der Waals surface area contributed by atoms with Crippen LogP contribution < -0.4 is 5.32 Å². The Balaban J connectivity index is 1.30. The van der Waals surface area contributed by atoms with Gasteiger partial charge in [-0.15, -0.1) is 0 Å². The Kier molecular flexibility index (Phi) is 8.16. The van der Waals surface area contributed by atoms with Gasteiger partial charge in [-0.1, -0.05) is 32.1 Å². The van der Waals surface area contributed by atoms with E-state index in [1.54, 1.807) is 17.0 Å². The highest BCUT2D eigenvalue weighted by Gasteiger charge is 2.46. The summed E-state index contributed by atoms with van der Waals surface area (Å²) in [7, 11) is 0. The molecule has 0 radical (unpaired) electrons. The first-order valence-electron chi connectivity index (χ1n) is 14.4. The number of carbonyl (C=O) groups is 3. The Hall–Kier alpha value is -3.07. The van der Waals surface area contributed by atoms with Crippen molar-refractivity contribution in [2.24, 2.45) is 11.8 Å². The molecule has 0 spiro atoms. The zero-order chi connectivity index (χ0) is 27.6. The third-order valence-electron chi connectivity index (χ3n) is 8.13. The lowest BCUT2D eigenvalue weighted by molar-refractivity contribution is -0.122. The minimum Gasteiger partial charge on any atom is -0.458 e. The lowest BCUT2D eigenvalue weighted by atomic mass is 9.76. The third kappa shape index (κ3) is 6.57. The molecule has 1 aromatic carbocycles. The Morgan fingerprint density at radius 1 is 1.05 bits per heavy atom. The molecular formula is C30H41N3O6. The predicted octanol–water partition coefficient (Wildman–Crippen LogP) is 5.65. The molecule has 9 nitrogen and oxygen atoms in total. The molecule has 2 aliphatic heterocycles. The molecule has 2 amide bonds. The second-order valence-electron chi connectivity index (χ2n) is 12.2. The van der Waals surface area contributed by atoms with Crippen LogP contribution in [0.2, 0.25) is 0 Å². The van der Waals surface area contributed by atoms with E-state index in [0.717, 1.165) is 43.0 Å². The molecule has 2 N–H and O–H groups in total. The van der Waals surface area contributed by atoms with Gasteiger partial charge >= 0.3 is 12.1 Å². The summed E-state index contributed by atoms with van der Waals surface area (Å²) in [5.74, 6) is -0.0853. The molecular weight excluding hydrogens is 498 g/mol. The van der Waals surface area contributed by atoms with Gasteiger partial charge in [0, 0.05) is 29.7 Å². The average molecular weight is 540 g/mol. The van der Waals surface area contributed by atoms with Crippen LogP contribution in [0, 0.1) is 11.8 Å². The van der Waals surface area contributed by atoms with Crippen LogP contribution in [0.3, 0.4) is 0 Å². The number of amides is 2. The summed E-state index contributed by atoms with van der Waals surface area (Å²) in [5, 5.41) is 3.85. The Morgan fingerprint density at radius 2 is 1.85 bits per heavy atom. The van der Waals surface area contributed by atoms with E-state index < -0.39 is 23.7 Å². The second-order valence-corrected chi connectivity index (χ2v) is 12.2. The number of carbonyl (C=O) groups excluding carboxylic acids is 3. The molecule has 1 saturated carbocycles. The molecule has 3 atom stereocenters. The van der Waals surface area contributed by atoms with E-state index in [1.165, 1.54) is 19.3 Å². The summed E-state index contributed by atoms with van der Waals surface area (Å²) in [6.45, 7) is 6.99. The van der Waals surface area contributed by atoms with Crippen LogP contribution in [0.5, 0.6) is 0 Å². The van der Waals surface area contributed by atoms with E-state index in [0.29, 0.717) is 30.5 Å². The summed E-state index contributed by atoms with van der Waals surface area (Å²) >= 11 is 0. The van der Waals surface area contributed by atoms with Crippen molar-refractivity contribution in [1.29, 1.82) is 0 Å². The van der Waals surface area contributed by atoms with Crippen molar-refractivity contribution < 1.29 is 28.6 Å². The monoisotopic (exact) mass is 539 g/mol. The van der Waals surface area contributed by atoms with Gasteiger partial charge in [-0.25, -0.2) is 9.59 Å². The minimum atomic E-state index is -0.636. The van der Waals surface area contributed by atoms with Crippen LogP contribution in [0.4, 0.5) is 10.5 Å². The zero-order valence-electron chi connectivity index (χ0n) is 23.3. The summed E-state index contributed by atoms with van der Waals surface area (Å²) < 4.78 is 16.6. The van der Waals surface area contributed by atoms with E-state index in [2.05, 4.69) is 10.3 Å². The number of anilines is 1. The fourth-order valence-electron chi connectivity index (χ4n) is 6.29. The molecule has 2 saturated heterocycles. The van der Waals surface area contributed by atoms with Crippen LogP contribution in [0.15, 0.2) is 24.3 Å². The summed E-state index contributed by atoms with van der Waals surface area (Å²) in [6, 6.07) is 6.63. The number of nitrogens with one attached hydrogen (secondary N) is 2. The summed E-state index contributed by atoms with van der Waals surface area (Å²) in [5.41, 5.74) is 1.11. The van der Waals surface area contributed by atoms with Gasteiger partial charge in [0.25, 0.3) is 0 Å². The minimum absolute atomic E-state index is 0.0339. The number of aromatic nitrogens is 1. The molecule has 5 rings (SSSR count). The van der Waals surface area contributed by atoms with Crippen molar-refractivity contribution in [2.75, 3.05) is 25.1 Å². The van der Waals surface area contributed by atoms with Gasteiger partial charge in [0.15, 0.2) is 0 Å². The number of likely N-dealkylation sites (tertiary alicyclic amines) is 1. The first kappa shape index (κ1) is 27.5. The number of hydrogen-bond donors (Lipinski definition) is 2. The SMILES string of the molecule is CC(C)(C)OC(=O)N1CC[C@@H](C2CCCCC2)[C@@H]1C(=O)Nc1ccc2[nH]c(C(=O)OCC3CCCO3)cc2c1. The van der Waals surface area contributed by atoms with Gasteiger partial charge in [0.05, 0.1) is 6.10 Å². The molecule has 3 fully saturated rings. The molecule has 3 aliphatic rings. The number of esters is 1. The molecule has 1 aliphatic carbocycles. The number of benzene rings is 1. The topological polar surface area (TPSA) is 110 Å². The standard InChI is InChI=1S/C30H41N3O6/c1-30(2,3)39-29(36)33-14-13-23(19-8-5-4-6-9-19)26(33)27(34)31-21-11-12-24-20(16-21)17-25(32-24)28(35)38-18-22-10-7-15-37-22/h11-12,16-17,19,22-23,26,32H,4-10,13-15,18H2,1-3H3,(H,31,34)/t22?,23-,26+/m0/s1. The van der Waals surface area contributed by atoms with E-state index in [1.807, 2.05) is 32.9 Å². The van der Waals surface area contributed by atoms with Crippen LogP contribution >= 0.6 is 0 Å². The number of rotatable bonds is 6. The number of nitrogens with zero attached hydrogens (tertiary/aromatic N) is 1. The highest BCUT2D eigenvalue weighted by Crippen LogP contribution is 2.40. The predicted molar refractivity (Wildman–Crippen MR) is 148 cm³/mol. The van der Waals surface area contributed by atoms with Gasteiger partial charge < -0.3 is 24.5 Å². The Bertz CT molecular complexity index is 1190. The lowest BCUT2D eigenvalue weighted by Gasteiger charge is -2.34. The van der Waals surface area contributed by atoms with Crippen molar-refractivity contribution in [2.45, 2.75) is 89.9 Å². The van der Waals surface area contributed by atoms with Gasteiger partial charge in [0.1, 0.15) is 23.9 Å². The summed E-state index contributed by atoms with van der Waals surface area (Å²) in [6.07, 6.45) is 7.98. The quantitative estimate of drug-likeness (QED) is 0.459. The average Bonchev–Trinajstić information content (AvgIpc) is 3.66. The smallest absolute Gasteiger partial charge is 0.410 e. The van der Waals surface area contributed by atoms with Gasteiger partial charge in [0.2, 0.25) is 5.91 Å². The second kappa shape index (κ2) is 11.6. The molecule has 212 valence electrons. The maximum absolute atomic E-state index is 13.8. The van der Waals surface area contributed by atoms with Crippen LogP contribution in [0.25, 0.3) is 10.9 Å². The van der Waals surface area contributed by atoms with E-state index in [9.17, 15) is 14.4 Å². The van der Waals surface area contributed by atoms with Gasteiger partial charge in [-0.2, -0.15) is 0 Å². The Labute approximate surface area is 229 Å². The molecule has 3 heterocycles. The first-order valence-corrected chi connectivity index (χ1v) is 14.4. The first-order chi connectivity index (χ1) is 18.7. The van der Waals surface area contributed by atoms with E-state index in [-0.39, 0.29) is 24.5 Å². The number of fused-ring (bicyclic) bond motifs is 1. The third-order valence-corrected chi connectivity index (χ3v) is 8.13. The van der Waals surface area contributed by atoms with Crippen molar-refractivity contribution in [3.8, 4) is 0 Å². The maximum atomic E-state index is 13.8. The van der Waals surface area contributed by atoms with Crippen molar-refractivity contribution in [3.63, 3.8) is 0 Å². The van der Waals surface area contributed by atoms with Crippen molar-refractivity contribution in [3.05, 3.63) is 30.0 Å². The summed E-state index contributed by atoms with van der Waals surface area (Å²) in [4.78, 5) is 44.1. The highest BCUT2D eigenvalue weighted by atomic mass is 16.6.